The van der Waals surface area contributed by atoms with Gasteiger partial charge in [-0.05, 0) is 62.1 Å². The fourth-order valence-corrected chi connectivity index (χ4v) is 4.04. The predicted molar refractivity (Wildman–Crippen MR) is 114 cm³/mol. The van der Waals surface area contributed by atoms with Gasteiger partial charge in [0.25, 0.3) is 0 Å². The molecule has 2 atom stereocenters. The van der Waals surface area contributed by atoms with Crippen molar-refractivity contribution < 1.29 is 9.59 Å². The van der Waals surface area contributed by atoms with Gasteiger partial charge in [0, 0.05) is 30.9 Å². The number of anilines is 2. The third-order valence-corrected chi connectivity index (χ3v) is 6.02. The van der Waals surface area contributed by atoms with Gasteiger partial charge in [0.15, 0.2) is 0 Å². The maximum absolute atomic E-state index is 12.9. The monoisotopic (exact) mass is 385 g/mol. The number of nitrogens with zero attached hydrogens (tertiary/aromatic N) is 1. The van der Waals surface area contributed by atoms with Gasteiger partial charge in [0.2, 0.25) is 11.8 Å². The van der Waals surface area contributed by atoms with Crippen LogP contribution in [0.1, 0.15) is 65.2 Å². The summed E-state index contributed by atoms with van der Waals surface area (Å²) < 4.78 is 0. The standard InChI is InChI=1S/C23H35N3O2/c1-3-4-10-21(25-22(27)15-17(2)18-11-12-18)23(28)24-19-8-7-9-20(16-19)26-13-5-6-14-26/h7-9,16-18,21H,3-6,10-15H2,1-2H3,(H,24,28)(H,25,27). The summed E-state index contributed by atoms with van der Waals surface area (Å²) in [4.78, 5) is 27.7. The van der Waals surface area contributed by atoms with Gasteiger partial charge in [-0.15, -0.1) is 0 Å². The maximum atomic E-state index is 12.9. The lowest BCUT2D eigenvalue weighted by atomic mass is 10.0. The lowest BCUT2D eigenvalue weighted by Crippen LogP contribution is -2.44. The first-order valence-electron chi connectivity index (χ1n) is 11.0. The van der Waals surface area contributed by atoms with Crippen molar-refractivity contribution in [3.8, 4) is 0 Å². The second-order valence-electron chi connectivity index (χ2n) is 8.51. The van der Waals surface area contributed by atoms with Gasteiger partial charge in [-0.3, -0.25) is 9.59 Å². The molecular formula is C23H35N3O2. The molecule has 1 aliphatic carbocycles. The summed E-state index contributed by atoms with van der Waals surface area (Å²) in [6, 6.07) is 7.58. The Labute approximate surface area is 169 Å². The van der Waals surface area contributed by atoms with Gasteiger partial charge in [0.1, 0.15) is 6.04 Å². The molecule has 1 saturated heterocycles. The SMILES string of the molecule is CCCCC(NC(=O)CC(C)C1CC1)C(=O)Nc1cccc(N2CCCC2)c1. The number of carbonyl (C=O) groups is 2. The Morgan fingerprint density at radius 2 is 1.96 bits per heavy atom. The quantitative estimate of drug-likeness (QED) is 0.630. The highest BCUT2D eigenvalue weighted by Gasteiger charge is 2.30. The summed E-state index contributed by atoms with van der Waals surface area (Å²) in [5, 5.41) is 6.02. The Kier molecular flexibility index (Phi) is 7.35. The predicted octanol–water partition coefficient (Wildman–Crippen LogP) is 4.34. The first-order valence-corrected chi connectivity index (χ1v) is 11.0. The van der Waals surface area contributed by atoms with Crippen LogP contribution in [0.25, 0.3) is 0 Å². The first-order chi connectivity index (χ1) is 13.6. The molecule has 154 valence electrons. The Morgan fingerprint density at radius 1 is 1.21 bits per heavy atom. The third kappa shape index (κ3) is 5.98. The van der Waals surface area contributed by atoms with Crippen LogP contribution in [-0.2, 0) is 9.59 Å². The van der Waals surface area contributed by atoms with Crippen LogP contribution >= 0.6 is 0 Å². The molecule has 5 nitrogen and oxygen atoms in total. The molecule has 2 aliphatic rings. The smallest absolute Gasteiger partial charge is 0.246 e. The zero-order valence-corrected chi connectivity index (χ0v) is 17.4. The van der Waals surface area contributed by atoms with Crippen molar-refractivity contribution >= 4 is 23.2 Å². The Bertz CT molecular complexity index is 666. The number of hydrogen-bond donors (Lipinski definition) is 2. The molecule has 0 aromatic heterocycles. The number of carbonyl (C=O) groups excluding carboxylic acids is 2. The second kappa shape index (κ2) is 9.94. The zero-order chi connectivity index (χ0) is 19.9. The molecule has 0 bridgehead atoms. The molecule has 5 heteroatoms. The summed E-state index contributed by atoms with van der Waals surface area (Å²) in [6.07, 6.45) is 8.04. The molecule has 3 rings (SSSR count). The van der Waals surface area contributed by atoms with E-state index in [1.807, 2.05) is 18.2 Å². The molecule has 1 heterocycles. The summed E-state index contributed by atoms with van der Waals surface area (Å²) >= 11 is 0. The fourth-order valence-electron chi connectivity index (χ4n) is 4.04. The number of rotatable bonds is 10. The van der Waals surface area contributed by atoms with Crippen molar-refractivity contribution in [2.24, 2.45) is 11.8 Å². The molecule has 1 aliphatic heterocycles. The van der Waals surface area contributed by atoms with Gasteiger partial charge < -0.3 is 15.5 Å². The van der Waals surface area contributed by atoms with E-state index in [0.717, 1.165) is 37.3 Å². The number of unbranched alkanes of at least 4 members (excludes halogenated alkanes) is 1. The summed E-state index contributed by atoms with van der Waals surface area (Å²) in [6.45, 7) is 6.39. The van der Waals surface area contributed by atoms with Crippen molar-refractivity contribution in [1.29, 1.82) is 0 Å². The first kappa shape index (κ1) is 20.7. The van der Waals surface area contributed by atoms with E-state index in [9.17, 15) is 9.59 Å². The zero-order valence-electron chi connectivity index (χ0n) is 17.4. The van der Waals surface area contributed by atoms with Crippen LogP contribution in [-0.4, -0.2) is 30.9 Å². The fraction of sp³-hybridized carbons (Fsp3) is 0.652. The van der Waals surface area contributed by atoms with Crippen LogP contribution in [0.5, 0.6) is 0 Å². The number of amides is 2. The maximum Gasteiger partial charge on any atom is 0.246 e. The van der Waals surface area contributed by atoms with Crippen molar-refractivity contribution in [1.82, 2.24) is 5.32 Å². The van der Waals surface area contributed by atoms with E-state index < -0.39 is 6.04 Å². The van der Waals surface area contributed by atoms with Gasteiger partial charge in [-0.25, -0.2) is 0 Å². The average molecular weight is 386 g/mol. The topological polar surface area (TPSA) is 61.4 Å². The van der Waals surface area contributed by atoms with E-state index in [2.05, 4.69) is 35.4 Å². The van der Waals surface area contributed by atoms with Crippen molar-refractivity contribution in [2.75, 3.05) is 23.3 Å². The minimum absolute atomic E-state index is 0.00136. The normalized spacial score (nSPS) is 18.6. The molecule has 0 radical (unpaired) electrons. The van der Waals surface area contributed by atoms with Crippen LogP contribution in [0.2, 0.25) is 0 Å². The summed E-state index contributed by atoms with van der Waals surface area (Å²) in [7, 11) is 0. The highest BCUT2D eigenvalue weighted by Crippen LogP contribution is 2.38. The van der Waals surface area contributed by atoms with Crippen molar-refractivity contribution in [2.45, 2.75) is 71.3 Å². The number of hydrogen-bond acceptors (Lipinski definition) is 3. The minimum atomic E-state index is -0.464. The Balaban J connectivity index is 1.58. The molecular weight excluding hydrogens is 350 g/mol. The van der Waals surface area contributed by atoms with Crippen LogP contribution in [0.4, 0.5) is 11.4 Å². The van der Waals surface area contributed by atoms with E-state index in [4.69, 9.17) is 0 Å². The largest absolute Gasteiger partial charge is 0.371 e. The molecule has 2 amide bonds. The second-order valence-corrected chi connectivity index (χ2v) is 8.51. The third-order valence-electron chi connectivity index (χ3n) is 6.02. The summed E-state index contributed by atoms with van der Waals surface area (Å²) in [5.74, 6) is 0.995. The minimum Gasteiger partial charge on any atom is -0.371 e. The van der Waals surface area contributed by atoms with Crippen LogP contribution < -0.4 is 15.5 Å². The average Bonchev–Trinajstić information content (AvgIpc) is 3.39. The van der Waals surface area contributed by atoms with Crippen LogP contribution in [0.3, 0.4) is 0 Å². The molecule has 1 aromatic carbocycles. The Hall–Kier alpha value is -2.04. The molecule has 1 aromatic rings. The number of benzene rings is 1. The molecule has 2 unspecified atom stereocenters. The van der Waals surface area contributed by atoms with Gasteiger partial charge >= 0.3 is 0 Å². The van der Waals surface area contributed by atoms with E-state index in [1.165, 1.54) is 25.7 Å². The van der Waals surface area contributed by atoms with Gasteiger partial charge in [0.05, 0.1) is 0 Å². The van der Waals surface area contributed by atoms with E-state index >= 15 is 0 Å². The molecule has 1 saturated carbocycles. The van der Waals surface area contributed by atoms with Crippen LogP contribution in [0.15, 0.2) is 24.3 Å². The van der Waals surface area contributed by atoms with Gasteiger partial charge in [-0.2, -0.15) is 0 Å². The Morgan fingerprint density at radius 3 is 2.64 bits per heavy atom. The molecule has 28 heavy (non-hydrogen) atoms. The highest BCUT2D eigenvalue weighted by atomic mass is 16.2. The molecule has 2 fully saturated rings. The molecule has 2 N–H and O–H groups in total. The van der Waals surface area contributed by atoms with Crippen LogP contribution in [0, 0.1) is 11.8 Å². The molecule has 0 spiro atoms. The van der Waals surface area contributed by atoms with E-state index in [-0.39, 0.29) is 11.8 Å². The number of nitrogens with one attached hydrogen (secondary N) is 2. The van der Waals surface area contributed by atoms with E-state index in [0.29, 0.717) is 24.7 Å². The highest BCUT2D eigenvalue weighted by molar-refractivity contribution is 5.97. The lowest BCUT2D eigenvalue weighted by Gasteiger charge is -2.21. The van der Waals surface area contributed by atoms with Crippen molar-refractivity contribution in [3.05, 3.63) is 24.3 Å². The van der Waals surface area contributed by atoms with Gasteiger partial charge in [-0.1, -0.05) is 32.8 Å². The summed E-state index contributed by atoms with van der Waals surface area (Å²) in [5.41, 5.74) is 1.96. The lowest BCUT2D eigenvalue weighted by molar-refractivity contribution is -0.127. The van der Waals surface area contributed by atoms with Crippen molar-refractivity contribution in [3.63, 3.8) is 0 Å². The van der Waals surface area contributed by atoms with E-state index in [1.54, 1.807) is 0 Å².